The summed E-state index contributed by atoms with van der Waals surface area (Å²) in [6.07, 6.45) is 5.29. The van der Waals surface area contributed by atoms with E-state index in [0.29, 0.717) is 17.4 Å². The molecule has 0 atom stereocenters. The van der Waals surface area contributed by atoms with Crippen molar-refractivity contribution in [2.45, 2.75) is 25.8 Å². The normalized spacial score (nSPS) is 13.4. The highest BCUT2D eigenvalue weighted by atomic mass is 79.9. The van der Waals surface area contributed by atoms with Crippen molar-refractivity contribution >= 4 is 39.6 Å². The van der Waals surface area contributed by atoms with Crippen LogP contribution in [0.1, 0.15) is 34.5 Å². The molecule has 7 heteroatoms. The third-order valence-corrected chi connectivity index (χ3v) is 5.14. The number of hydrogen-bond donors (Lipinski definition) is 2. The summed E-state index contributed by atoms with van der Waals surface area (Å²) in [5, 5.41) is 10.3. The van der Waals surface area contributed by atoms with Crippen molar-refractivity contribution in [2.75, 3.05) is 5.32 Å². The van der Waals surface area contributed by atoms with Crippen LogP contribution in [0.5, 0.6) is 0 Å². The van der Waals surface area contributed by atoms with E-state index >= 15 is 0 Å². The number of hydrogen-bond acceptors (Lipinski definition) is 3. The summed E-state index contributed by atoms with van der Waals surface area (Å²) in [6.45, 7) is 1.88. The van der Waals surface area contributed by atoms with E-state index in [0.717, 1.165) is 34.3 Å². The Bertz CT molecular complexity index is 1110. The van der Waals surface area contributed by atoms with E-state index in [2.05, 4.69) is 31.7 Å². The maximum absolute atomic E-state index is 12.4. The fraction of sp³-hybridized carbons (Fsp3) is 0.174. The predicted molar refractivity (Wildman–Crippen MR) is 121 cm³/mol. The molecule has 0 saturated heterocycles. The van der Waals surface area contributed by atoms with Crippen LogP contribution in [0.25, 0.3) is 11.8 Å². The Morgan fingerprint density at radius 3 is 2.60 bits per heavy atom. The number of aryl methyl sites for hydroxylation is 1. The lowest BCUT2D eigenvalue weighted by atomic mass is 10.1. The lowest BCUT2D eigenvalue weighted by Gasteiger charge is -2.08. The molecular weight excluding hydrogens is 444 g/mol. The second kappa shape index (κ2) is 8.67. The summed E-state index contributed by atoms with van der Waals surface area (Å²) < 4.78 is 2.62. The highest BCUT2D eigenvalue weighted by Crippen LogP contribution is 2.21. The largest absolute Gasteiger partial charge is 0.349 e. The zero-order chi connectivity index (χ0) is 21.1. The smallest absolute Gasteiger partial charge is 0.251 e. The summed E-state index contributed by atoms with van der Waals surface area (Å²) >= 11 is 3.46. The number of carbonyl (C=O) groups excluding carboxylic acids is 2. The van der Waals surface area contributed by atoms with E-state index in [1.165, 1.54) is 6.08 Å². The van der Waals surface area contributed by atoms with Crippen LogP contribution in [-0.2, 0) is 4.79 Å². The van der Waals surface area contributed by atoms with Crippen molar-refractivity contribution in [1.29, 1.82) is 0 Å². The molecule has 4 rings (SSSR count). The molecule has 1 aromatic heterocycles. The van der Waals surface area contributed by atoms with Gasteiger partial charge >= 0.3 is 0 Å². The maximum atomic E-state index is 12.4. The molecule has 1 saturated carbocycles. The molecule has 2 amide bonds. The van der Waals surface area contributed by atoms with Gasteiger partial charge < -0.3 is 10.6 Å². The van der Waals surface area contributed by atoms with Gasteiger partial charge in [0.05, 0.1) is 11.4 Å². The van der Waals surface area contributed by atoms with Gasteiger partial charge in [-0.05, 0) is 61.7 Å². The number of rotatable bonds is 6. The highest BCUT2D eigenvalue weighted by Gasteiger charge is 2.23. The zero-order valence-electron chi connectivity index (χ0n) is 16.4. The van der Waals surface area contributed by atoms with Crippen molar-refractivity contribution < 1.29 is 9.59 Å². The number of anilines is 1. The fourth-order valence-electron chi connectivity index (χ4n) is 2.98. The van der Waals surface area contributed by atoms with Crippen LogP contribution < -0.4 is 10.6 Å². The summed E-state index contributed by atoms with van der Waals surface area (Å²) in [5.74, 6) is 0.274. The first kappa shape index (κ1) is 20.1. The third kappa shape index (κ3) is 5.04. The second-order valence-electron chi connectivity index (χ2n) is 7.25. The number of nitrogens with zero attached hydrogens (tertiary/aromatic N) is 2. The molecule has 0 aliphatic heterocycles. The monoisotopic (exact) mass is 464 g/mol. The zero-order valence-corrected chi connectivity index (χ0v) is 18.0. The minimum absolute atomic E-state index is 0.0537. The van der Waals surface area contributed by atoms with Crippen LogP contribution in [0, 0.1) is 6.92 Å². The maximum Gasteiger partial charge on any atom is 0.251 e. The molecule has 0 unspecified atom stereocenters. The Morgan fingerprint density at radius 2 is 1.90 bits per heavy atom. The van der Waals surface area contributed by atoms with Crippen molar-refractivity contribution in [3.8, 4) is 5.69 Å². The fourth-order valence-corrected chi connectivity index (χ4v) is 3.36. The Morgan fingerprint density at radius 1 is 1.13 bits per heavy atom. The predicted octanol–water partition coefficient (Wildman–Crippen LogP) is 4.49. The minimum Gasteiger partial charge on any atom is -0.349 e. The standard InChI is InChI=1S/C23H21BrN4O2/c1-15-13-21(28(27-15)20-4-2-3-18(24)14-20)26-22(29)12-7-16-5-8-17(9-6-16)23(30)25-19-10-11-19/h2-9,12-14,19H,10-11H2,1H3,(H,25,30)(H,26,29)/b12-7+. The third-order valence-electron chi connectivity index (χ3n) is 4.65. The van der Waals surface area contributed by atoms with Crippen LogP contribution in [0.4, 0.5) is 5.82 Å². The van der Waals surface area contributed by atoms with E-state index in [-0.39, 0.29) is 11.8 Å². The Kier molecular flexibility index (Phi) is 5.81. The topological polar surface area (TPSA) is 76.0 Å². The van der Waals surface area contributed by atoms with Crippen molar-refractivity contribution in [3.63, 3.8) is 0 Å². The molecule has 0 bridgehead atoms. The van der Waals surface area contributed by atoms with Crippen LogP contribution in [0.3, 0.4) is 0 Å². The quantitative estimate of drug-likeness (QED) is 0.527. The van der Waals surface area contributed by atoms with E-state index in [1.54, 1.807) is 22.9 Å². The SMILES string of the molecule is Cc1cc(NC(=O)/C=C/c2ccc(C(=O)NC3CC3)cc2)n(-c2cccc(Br)c2)n1. The van der Waals surface area contributed by atoms with Gasteiger partial charge in [0, 0.05) is 28.2 Å². The average Bonchev–Trinajstić information content (AvgIpc) is 3.47. The van der Waals surface area contributed by atoms with Gasteiger partial charge in [0.1, 0.15) is 5.82 Å². The molecule has 6 nitrogen and oxygen atoms in total. The number of benzene rings is 2. The van der Waals surface area contributed by atoms with Gasteiger partial charge in [0.15, 0.2) is 0 Å². The molecule has 1 heterocycles. The first-order valence-corrected chi connectivity index (χ1v) is 10.5. The molecule has 1 aliphatic rings. The number of nitrogens with one attached hydrogen (secondary N) is 2. The molecule has 1 aliphatic carbocycles. The average molecular weight is 465 g/mol. The Balaban J connectivity index is 1.42. The molecule has 3 aromatic rings. The van der Waals surface area contributed by atoms with Gasteiger partial charge in [-0.1, -0.05) is 34.1 Å². The van der Waals surface area contributed by atoms with Gasteiger partial charge in [0.25, 0.3) is 5.91 Å². The van der Waals surface area contributed by atoms with Gasteiger partial charge in [-0.3, -0.25) is 9.59 Å². The highest BCUT2D eigenvalue weighted by molar-refractivity contribution is 9.10. The Labute approximate surface area is 183 Å². The first-order valence-electron chi connectivity index (χ1n) is 9.70. The summed E-state index contributed by atoms with van der Waals surface area (Å²) in [6, 6.07) is 17.0. The van der Waals surface area contributed by atoms with E-state index in [4.69, 9.17) is 0 Å². The number of amides is 2. The number of aromatic nitrogens is 2. The lowest BCUT2D eigenvalue weighted by Crippen LogP contribution is -2.25. The van der Waals surface area contributed by atoms with Gasteiger partial charge in [-0.15, -0.1) is 0 Å². The molecule has 152 valence electrons. The van der Waals surface area contributed by atoms with E-state index in [9.17, 15) is 9.59 Å². The number of halogens is 1. The molecule has 2 N–H and O–H groups in total. The minimum atomic E-state index is -0.262. The van der Waals surface area contributed by atoms with Crippen LogP contribution in [-0.4, -0.2) is 27.6 Å². The van der Waals surface area contributed by atoms with E-state index < -0.39 is 0 Å². The van der Waals surface area contributed by atoms with Crippen molar-refractivity contribution in [3.05, 3.63) is 82.0 Å². The van der Waals surface area contributed by atoms with Crippen LogP contribution >= 0.6 is 15.9 Å². The number of carbonyl (C=O) groups is 2. The molecule has 0 spiro atoms. The first-order chi connectivity index (χ1) is 14.5. The Hall–Kier alpha value is -3.19. The van der Waals surface area contributed by atoms with Crippen molar-refractivity contribution in [2.24, 2.45) is 0 Å². The molecule has 0 radical (unpaired) electrons. The summed E-state index contributed by atoms with van der Waals surface area (Å²) in [7, 11) is 0. The molecule has 30 heavy (non-hydrogen) atoms. The lowest BCUT2D eigenvalue weighted by molar-refractivity contribution is -0.111. The van der Waals surface area contributed by atoms with Crippen LogP contribution in [0.2, 0.25) is 0 Å². The van der Waals surface area contributed by atoms with Crippen LogP contribution in [0.15, 0.2) is 65.1 Å². The van der Waals surface area contributed by atoms with Crippen molar-refractivity contribution in [1.82, 2.24) is 15.1 Å². The van der Waals surface area contributed by atoms with Gasteiger partial charge in [-0.2, -0.15) is 5.10 Å². The summed E-state index contributed by atoms with van der Waals surface area (Å²) in [4.78, 5) is 24.5. The van der Waals surface area contributed by atoms with E-state index in [1.807, 2.05) is 49.4 Å². The van der Waals surface area contributed by atoms with Gasteiger partial charge in [-0.25, -0.2) is 4.68 Å². The van der Waals surface area contributed by atoms with Gasteiger partial charge in [0.2, 0.25) is 5.91 Å². The molecular formula is C23H21BrN4O2. The molecule has 1 fully saturated rings. The second-order valence-corrected chi connectivity index (χ2v) is 8.17. The molecule has 2 aromatic carbocycles. The summed E-state index contributed by atoms with van der Waals surface area (Å²) in [5.41, 5.74) is 3.10.